The Labute approximate surface area is 199 Å². The van der Waals surface area contributed by atoms with E-state index in [0.717, 1.165) is 49.2 Å². The number of anilines is 1. The van der Waals surface area contributed by atoms with Gasteiger partial charge in [-0.3, -0.25) is 0 Å². The van der Waals surface area contributed by atoms with Crippen LogP contribution in [-0.2, 0) is 13.1 Å². The lowest BCUT2D eigenvalue weighted by Gasteiger charge is -2.22. The summed E-state index contributed by atoms with van der Waals surface area (Å²) in [6.07, 6.45) is 5.26. The van der Waals surface area contributed by atoms with Crippen LogP contribution >= 0.6 is 11.3 Å². The number of nitrogens with zero attached hydrogens (tertiary/aromatic N) is 3. The normalized spacial score (nSPS) is 14.4. The van der Waals surface area contributed by atoms with Gasteiger partial charge in [-0.25, -0.2) is 0 Å². The van der Waals surface area contributed by atoms with Gasteiger partial charge in [-0.15, -0.1) is 11.3 Å². The second-order valence-corrected chi connectivity index (χ2v) is 9.71. The zero-order valence-electron chi connectivity index (χ0n) is 19.1. The molecule has 168 valence electrons. The number of thiophene rings is 1. The average molecular weight is 456 g/mol. The van der Waals surface area contributed by atoms with E-state index >= 15 is 0 Å². The molecular formula is C27H29N5S. The predicted octanol–water partition coefficient (Wildman–Crippen LogP) is 5.41. The van der Waals surface area contributed by atoms with Crippen molar-refractivity contribution in [2.24, 2.45) is 0 Å². The molecule has 0 aliphatic carbocycles. The van der Waals surface area contributed by atoms with Crippen molar-refractivity contribution in [1.29, 1.82) is 0 Å². The molecule has 1 aliphatic rings. The van der Waals surface area contributed by atoms with Crippen molar-refractivity contribution < 1.29 is 0 Å². The van der Waals surface area contributed by atoms with E-state index in [2.05, 4.69) is 93.5 Å². The summed E-state index contributed by atoms with van der Waals surface area (Å²) in [5, 5.41) is 16.6. The van der Waals surface area contributed by atoms with Crippen LogP contribution in [0.15, 0.2) is 66.9 Å². The maximum atomic E-state index is 4.35. The van der Waals surface area contributed by atoms with Gasteiger partial charge in [0.25, 0.3) is 0 Å². The number of aromatic nitrogens is 2. The van der Waals surface area contributed by atoms with E-state index in [0.29, 0.717) is 0 Å². The van der Waals surface area contributed by atoms with Gasteiger partial charge in [0.15, 0.2) is 0 Å². The van der Waals surface area contributed by atoms with Gasteiger partial charge in [-0.1, -0.05) is 36.4 Å². The molecule has 1 aliphatic heterocycles. The summed E-state index contributed by atoms with van der Waals surface area (Å²) in [5.74, 6) is 0. The smallest absolute Gasteiger partial charge is 0.0950 e. The molecule has 2 N–H and O–H groups in total. The summed E-state index contributed by atoms with van der Waals surface area (Å²) in [5.41, 5.74) is 7.27. The maximum absolute atomic E-state index is 4.35. The SMILES string of the molecule is CNCc1ccccc1-c1ccc(CNc2cnnc3ccc(C4=CCN(C)CC4)cc23)s1. The fourth-order valence-electron chi connectivity index (χ4n) is 4.34. The molecule has 0 bridgehead atoms. The third-order valence-electron chi connectivity index (χ3n) is 6.19. The molecule has 4 aromatic rings. The molecule has 0 atom stereocenters. The molecule has 0 spiro atoms. The highest BCUT2D eigenvalue weighted by Gasteiger charge is 2.12. The number of rotatable bonds is 7. The van der Waals surface area contributed by atoms with E-state index in [1.54, 1.807) is 0 Å². The monoisotopic (exact) mass is 455 g/mol. The molecule has 0 saturated heterocycles. The molecule has 6 heteroatoms. The van der Waals surface area contributed by atoms with Gasteiger partial charge in [-0.2, -0.15) is 10.2 Å². The standard InChI is InChI=1S/C27H29N5S/c1-28-16-21-5-3-4-6-23(21)27-10-8-22(33-27)17-29-26-18-30-31-25-9-7-20(15-24(25)26)19-11-13-32(2)14-12-19/h3-11,15,18,28H,12-14,16-17H2,1-2H3,(H,29,31). The third kappa shape index (κ3) is 4.83. The number of hydrogen-bond donors (Lipinski definition) is 2. The fourth-order valence-corrected chi connectivity index (χ4v) is 5.34. The van der Waals surface area contributed by atoms with Crippen molar-refractivity contribution in [3.8, 4) is 10.4 Å². The highest BCUT2D eigenvalue weighted by atomic mass is 32.1. The lowest BCUT2D eigenvalue weighted by molar-refractivity contribution is 0.370. The van der Waals surface area contributed by atoms with E-state index in [-0.39, 0.29) is 0 Å². The van der Waals surface area contributed by atoms with Gasteiger partial charge >= 0.3 is 0 Å². The van der Waals surface area contributed by atoms with Gasteiger partial charge in [0, 0.05) is 41.3 Å². The van der Waals surface area contributed by atoms with E-state index in [1.165, 1.54) is 32.0 Å². The van der Waals surface area contributed by atoms with Crippen LogP contribution in [0.3, 0.4) is 0 Å². The molecule has 3 heterocycles. The number of likely N-dealkylation sites (N-methyl/N-ethyl adjacent to an activating group) is 1. The van der Waals surface area contributed by atoms with Crippen molar-refractivity contribution in [2.45, 2.75) is 19.5 Å². The summed E-state index contributed by atoms with van der Waals surface area (Å²) >= 11 is 1.84. The van der Waals surface area contributed by atoms with Crippen molar-refractivity contribution in [1.82, 2.24) is 20.4 Å². The molecule has 5 nitrogen and oxygen atoms in total. The number of nitrogens with one attached hydrogen (secondary N) is 2. The van der Waals surface area contributed by atoms with Crippen LogP contribution in [0.2, 0.25) is 0 Å². The van der Waals surface area contributed by atoms with E-state index < -0.39 is 0 Å². The van der Waals surface area contributed by atoms with Crippen LogP contribution in [-0.4, -0.2) is 42.3 Å². The molecule has 5 rings (SSSR count). The first kappa shape index (κ1) is 21.8. The Kier molecular flexibility index (Phi) is 6.48. The minimum atomic E-state index is 0.761. The molecule has 0 unspecified atom stereocenters. The van der Waals surface area contributed by atoms with Crippen LogP contribution in [0.4, 0.5) is 5.69 Å². The maximum Gasteiger partial charge on any atom is 0.0950 e. The second kappa shape index (κ2) is 9.83. The number of benzene rings is 2. The van der Waals surface area contributed by atoms with Crippen molar-refractivity contribution in [2.75, 3.05) is 32.5 Å². The molecule has 33 heavy (non-hydrogen) atoms. The highest BCUT2D eigenvalue weighted by molar-refractivity contribution is 7.15. The number of fused-ring (bicyclic) bond motifs is 1. The van der Waals surface area contributed by atoms with Crippen LogP contribution in [0.5, 0.6) is 0 Å². The van der Waals surface area contributed by atoms with Crippen molar-refractivity contribution in [3.05, 3.63) is 82.9 Å². The van der Waals surface area contributed by atoms with Gasteiger partial charge in [0.1, 0.15) is 0 Å². The fraction of sp³-hybridized carbons (Fsp3) is 0.259. The predicted molar refractivity (Wildman–Crippen MR) is 139 cm³/mol. The van der Waals surface area contributed by atoms with Crippen molar-refractivity contribution >= 4 is 33.5 Å². The topological polar surface area (TPSA) is 53.1 Å². The molecule has 2 aromatic carbocycles. The Balaban J connectivity index is 1.37. The Hall–Kier alpha value is -3.06. The van der Waals surface area contributed by atoms with Gasteiger partial charge < -0.3 is 15.5 Å². The zero-order valence-corrected chi connectivity index (χ0v) is 20.0. The van der Waals surface area contributed by atoms with Crippen molar-refractivity contribution in [3.63, 3.8) is 0 Å². The minimum absolute atomic E-state index is 0.761. The lowest BCUT2D eigenvalue weighted by atomic mass is 9.98. The first-order valence-electron chi connectivity index (χ1n) is 11.4. The Morgan fingerprint density at radius 1 is 1.06 bits per heavy atom. The largest absolute Gasteiger partial charge is 0.378 e. The molecule has 0 amide bonds. The van der Waals surface area contributed by atoms with Gasteiger partial charge in [0.2, 0.25) is 0 Å². The van der Waals surface area contributed by atoms with Gasteiger partial charge in [-0.05, 0) is 67.0 Å². The van der Waals surface area contributed by atoms with E-state index in [1.807, 2.05) is 24.6 Å². The quantitative estimate of drug-likeness (QED) is 0.390. The molecular weight excluding hydrogens is 426 g/mol. The molecule has 0 saturated carbocycles. The summed E-state index contributed by atoms with van der Waals surface area (Å²) in [4.78, 5) is 4.94. The zero-order chi connectivity index (χ0) is 22.6. The van der Waals surface area contributed by atoms with Crippen LogP contribution < -0.4 is 10.6 Å². The minimum Gasteiger partial charge on any atom is -0.378 e. The molecule has 0 fully saturated rings. The Morgan fingerprint density at radius 2 is 1.97 bits per heavy atom. The third-order valence-corrected chi connectivity index (χ3v) is 7.31. The summed E-state index contributed by atoms with van der Waals surface area (Å²) in [6.45, 7) is 3.73. The Morgan fingerprint density at radius 3 is 2.82 bits per heavy atom. The second-order valence-electron chi connectivity index (χ2n) is 8.54. The number of hydrogen-bond acceptors (Lipinski definition) is 6. The van der Waals surface area contributed by atoms with E-state index in [4.69, 9.17) is 0 Å². The first-order chi connectivity index (χ1) is 16.2. The van der Waals surface area contributed by atoms with Gasteiger partial charge in [0.05, 0.1) is 17.4 Å². The Bertz CT molecular complexity index is 1290. The lowest BCUT2D eigenvalue weighted by Crippen LogP contribution is -2.23. The average Bonchev–Trinajstić information content (AvgIpc) is 3.32. The molecule has 0 radical (unpaired) electrons. The summed E-state index contributed by atoms with van der Waals surface area (Å²) < 4.78 is 0. The van der Waals surface area contributed by atoms with E-state index in [9.17, 15) is 0 Å². The summed E-state index contributed by atoms with van der Waals surface area (Å²) in [6, 6.07) is 19.6. The molecule has 2 aromatic heterocycles. The summed E-state index contributed by atoms with van der Waals surface area (Å²) in [7, 11) is 4.16. The van der Waals surface area contributed by atoms with Crippen LogP contribution in [0.25, 0.3) is 26.9 Å². The highest BCUT2D eigenvalue weighted by Crippen LogP contribution is 2.32. The first-order valence-corrected chi connectivity index (χ1v) is 12.2. The van der Waals surface area contributed by atoms with Crippen LogP contribution in [0, 0.1) is 0 Å². The van der Waals surface area contributed by atoms with Crippen LogP contribution in [0.1, 0.15) is 22.4 Å².